The minimum Gasteiger partial charge on any atom is -0.343 e. The molecule has 0 aliphatic heterocycles. The van der Waals surface area contributed by atoms with Crippen molar-refractivity contribution in [1.82, 2.24) is 15.5 Å². The number of carbonyl (C=O) groups is 1. The van der Waals surface area contributed by atoms with E-state index in [4.69, 9.17) is 4.52 Å². The fourth-order valence-electron chi connectivity index (χ4n) is 2.28. The highest BCUT2D eigenvalue weighted by atomic mass is 32.2. The van der Waals surface area contributed by atoms with Crippen LogP contribution >= 0.6 is 11.3 Å². The SMILES string of the molecule is Cc1c(NS(C)(=O)=O)cccc1C(=O)NCc1nc(-c2cccs2)no1. The zero-order valence-electron chi connectivity index (χ0n) is 14.0. The predicted octanol–water partition coefficient (Wildman–Crippen LogP) is 2.41. The van der Waals surface area contributed by atoms with Crippen LogP contribution in [0.3, 0.4) is 0 Å². The molecule has 3 rings (SSSR count). The Morgan fingerprint density at radius 1 is 1.27 bits per heavy atom. The molecule has 3 aromatic rings. The number of sulfonamides is 1. The number of nitrogens with zero attached hydrogens (tertiary/aromatic N) is 2. The third-order valence-corrected chi connectivity index (χ3v) is 4.94. The fourth-order valence-corrected chi connectivity index (χ4v) is 3.55. The molecule has 1 aromatic carbocycles. The highest BCUT2D eigenvalue weighted by molar-refractivity contribution is 7.92. The molecule has 0 saturated carbocycles. The Morgan fingerprint density at radius 3 is 2.77 bits per heavy atom. The molecule has 2 heterocycles. The maximum Gasteiger partial charge on any atom is 0.252 e. The normalized spacial score (nSPS) is 11.3. The topological polar surface area (TPSA) is 114 Å². The molecule has 2 N–H and O–H groups in total. The van der Waals surface area contributed by atoms with Gasteiger partial charge in [-0.3, -0.25) is 9.52 Å². The number of aromatic nitrogens is 2. The van der Waals surface area contributed by atoms with Gasteiger partial charge in [0.05, 0.1) is 23.4 Å². The van der Waals surface area contributed by atoms with E-state index in [-0.39, 0.29) is 18.3 Å². The number of carbonyl (C=O) groups excluding carboxylic acids is 1. The molecular weight excluding hydrogens is 376 g/mol. The molecule has 0 unspecified atom stereocenters. The summed E-state index contributed by atoms with van der Waals surface area (Å²) >= 11 is 1.49. The molecular formula is C16H16N4O4S2. The van der Waals surface area contributed by atoms with Crippen LogP contribution in [-0.2, 0) is 16.6 Å². The summed E-state index contributed by atoms with van der Waals surface area (Å²) in [5.41, 5.74) is 1.25. The van der Waals surface area contributed by atoms with Gasteiger partial charge in [-0.15, -0.1) is 11.3 Å². The smallest absolute Gasteiger partial charge is 0.252 e. The van der Waals surface area contributed by atoms with Gasteiger partial charge in [0.2, 0.25) is 21.7 Å². The number of hydrogen-bond acceptors (Lipinski definition) is 7. The Balaban J connectivity index is 1.70. The molecule has 2 aromatic heterocycles. The van der Waals surface area contributed by atoms with Crippen LogP contribution in [0.5, 0.6) is 0 Å². The largest absolute Gasteiger partial charge is 0.343 e. The van der Waals surface area contributed by atoms with Crippen LogP contribution in [0.25, 0.3) is 10.7 Å². The summed E-state index contributed by atoms with van der Waals surface area (Å²) in [5, 5.41) is 8.48. The Morgan fingerprint density at radius 2 is 2.08 bits per heavy atom. The Bertz CT molecular complexity index is 1030. The molecule has 0 spiro atoms. The Hall–Kier alpha value is -2.72. The highest BCUT2D eigenvalue weighted by Crippen LogP contribution is 2.22. The summed E-state index contributed by atoms with van der Waals surface area (Å²) in [5.74, 6) is 0.389. The van der Waals surface area contributed by atoms with E-state index in [0.717, 1.165) is 11.1 Å². The standard InChI is InChI=1S/C16H16N4O4S2/c1-10-11(5-3-6-12(10)20-26(2,22)23)16(21)17-9-14-18-15(19-24-14)13-7-4-8-25-13/h3-8,20H,9H2,1-2H3,(H,17,21). The van der Waals surface area contributed by atoms with Crippen molar-refractivity contribution in [2.24, 2.45) is 0 Å². The molecule has 26 heavy (non-hydrogen) atoms. The summed E-state index contributed by atoms with van der Waals surface area (Å²) < 4.78 is 30.3. The van der Waals surface area contributed by atoms with Gasteiger partial charge in [-0.2, -0.15) is 4.98 Å². The predicted molar refractivity (Wildman–Crippen MR) is 98.4 cm³/mol. The number of amides is 1. The van der Waals surface area contributed by atoms with Crippen LogP contribution in [0.4, 0.5) is 5.69 Å². The van der Waals surface area contributed by atoms with Crippen molar-refractivity contribution in [3.05, 3.63) is 52.7 Å². The van der Waals surface area contributed by atoms with E-state index < -0.39 is 10.0 Å². The lowest BCUT2D eigenvalue weighted by molar-refractivity contribution is 0.0945. The van der Waals surface area contributed by atoms with Crippen LogP contribution in [-0.4, -0.2) is 30.7 Å². The summed E-state index contributed by atoms with van der Waals surface area (Å²) in [7, 11) is -3.43. The van der Waals surface area contributed by atoms with E-state index >= 15 is 0 Å². The lowest BCUT2D eigenvalue weighted by atomic mass is 10.1. The fraction of sp³-hybridized carbons (Fsp3) is 0.188. The molecule has 8 nitrogen and oxygen atoms in total. The molecule has 0 fully saturated rings. The molecule has 0 atom stereocenters. The first kappa shape index (κ1) is 18.1. The monoisotopic (exact) mass is 392 g/mol. The van der Waals surface area contributed by atoms with Crippen LogP contribution in [0.15, 0.2) is 40.2 Å². The molecule has 0 aliphatic carbocycles. The zero-order valence-corrected chi connectivity index (χ0v) is 15.6. The van der Waals surface area contributed by atoms with Crippen LogP contribution in [0.2, 0.25) is 0 Å². The average Bonchev–Trinajstić information content (AvgIpc) is 3.24. The quantitative estimate of drug-likeness (QED) is 0.666. The van der Waals surface area contributed by atoms with Crippen molar-refractivity contribution in [3.8, 4) is 10.7 Å². The highest BCUT2D eigenvalue weighted by Gasteiger charge is 2.15. The number of anilines is 1. The van der Waals surface area contributed by atoms with Gasteiger partial charge in [-0.1, -0.05) is 17.3 Å². The third-order valence-electron chi connectivity index (χ3n) is 3.48. The van der Waals surface area contributed by atoms with E-state index in [2.05, 4.69) is 20.2 Å². The van der Waals surface area contributed by atoms with Gasteiger partial charge < -0.3 is 9.84 Å². The summed E-state index contributed by atoms with van der Waals surface area (Å²) in [4.78, 5) is 17.5. The Kier molecular flexibility index (Phi) is 5.05. The number of benzene rings is 1. The molecule has 0 aliphatic rings. The number of thiophene rings is 1. The summed E-state index contributed by atoms with van der Waals surface area (Å²) in [6.07, 6.45) is 1.06. The molecule has 1 amide bonds. The van der Waals surface area contributed by atoms with Crippen LogP contribution in [0.1, 0.15) is 21.8 Å². The molecule has 0 bridgehead atoms. The van der Waals surface area contributed by atoms with Crippen LogP contribution in [0, 0.1) is 6.92 Å². The summed E-state index contributed by atoms with van der Waals surface area (Å²) in [6, 6.07) is 8.58. The number of nitrogens with one attached hydrogen (secondary N) is 2. The van der Waals surface area contributed by atoms with E-state index in [1.807, 2.05) is 17.5 Å². The first-order valence-electron chi connectivity index (χ1n) is 7.55. The van der Waals surface area contributed by atoms with Crippen molar-refractivity contribution in [2.75, 3.05) is 11.0 Å². The van der Waals surface area contributed by atoms with Gasteiger partial charge >= 0.3 is 0 Å². The van der Waals surface area contributed by atoms with Crippen molar-refractivity contribution < 1.29 is 17.7 Å². The van der Waals surface area contributed by atoms with Gasteiger partial charge in [0.1, 0.15) is 0 Å². The molecule has 0 radical (unpaired) electrons. The van der Waals surface area contributed by atoms with Crippen molar-refractivity contribution in [2.45, 2.75) is 13.5 Å². The lowest BCUT2D eigenvalue weighted by Gasteiger charge is -2.11. The summed E-state index contributed by atoms with van der Waals surface area (Å²) in [6.45, 7) is 1.74. The Labute approximate surface area is 154 Å². The first-order valence-corrected chi connectivity index (χ1v) is 10.3. The second kappa shape index (κ2) is 7.26. The van der Waals surface area contributed by atoms with Gasteiger partial charge in [0.25, 0.3) is 5.91 Å². The van der Waals surface area contributed by atoms with Gasteiger partial charge in [-0.25, -0.2) is 8.42 Å². The lowest BCUT2D eigenvalue weighted by Crippen LogP contribution is -2.24. The van der Waals surface area contributed by atoms with Crippen LogP contribution < -0.4 is 10.0 Å². The number of rotatable bonds is 6. The second-order valence-corrected chi connectivity index (χ2v) is 8.22. The minimum atomic E-state index is -3.43. The maximum atomic E-state index is 12.4. The van der Waals surface area contributed by atoms with Gasteiger partial charge in [0, 0.05) is 5.56 Å². The van der Waals surface area contributed by atoms with Gasteiger partial charge in [-0.05, 0) is 36.1 Å². The van der Waals surface area contributed by atoms with Gasteiger partial charge in [0.15, 0.2) is 0 Å². The van der Waals surface area contributed by atoms with E-state index in [1.54, 1.807) is 25.1 Å². The van der Waals surface area contributed by atoms with Crippen molar-refractivity contribution in [1.29, 1.82) is 0 Å². The molecule has 0 saturated heterocycles. The van der Waals surface area contributed by atoms with Crippen molar-refractivity contribution >= 4 is 33.0 Å². The molecule has 10 heteroatoms. The first-order chi connectivity index (χ1) is 12.3. The maximum absolute atomic E-state index is 12.4. The third kappa shape index (κ3) is 4.27. The van der Waals surface area contributed by atoms with E-state index in [9.17, 15) is 13.2 Å². The molecule has 136 valence electrons. The van der Waals surface area contributed by atoms with E-state index in [0.29, 0.717) is 22.6 Å². The zero-order chi connectivity index (χ0) is 18.7. The van der Waals surface area contributed by atoms with Crippen molar-refractivity contribution in [3.63, 3.8) is 0 Å². The average molecular weight is 392 g/mol. The number of hydrogen-bond donors (Lipinski definition) is 2. The van der Waals surface area contributed by atoms with E-state index in [1.165, 1.54) is 11.3 Å². The second-order valence-electron chi connectivity index (χ2n) is 5.52. The minimum absolute atomic E-state index is 0.0698.